The van der Waals surface area contributed by atoms with Crippen molar-refractivity contribution < 1.29 is 9.90 Å². The maximum absolute atomic E-state index is 10.3. The van der Waals surface area contributed by atoms with Crippen LogP contribution in [-0.2, 0) is 17.8 Å². The Balaban J connectivity index is 2.44. The summed E-state index contributed by atoms with van der Waals surface area (Å²) in [4.78, 5) is 14.5. The van der Waals surface area contributed by atoms with Gasteiger partial charge in [0.15, 0.2) is 0 Å². The predicted octanol–water partition coefficient (Wildman–Crippen LogP) is 0.880. The largest absolute Gasteiger partial charge is 0.481 e. The SMILES string of the molecule is CNCc1nc(CCC(=O)O)cs1. The molecule has 0 aromatic carbocycles. The highest BCUT2D eigenvalue weighted by Gasteiger charge is 2.03. The second-order valence-electron chi connectivity index (χ2n) is 2.66. The molecule has 0 spiro atoms. The first kappa shape index (κ1) is 10.1. The van der Waals surface area contributed by atoms with Crippen LogP contribution in [0.15, 0.2) is 5.38 Å². The van der Waals surface area contributed by atoms with Gasteiger partial charge in [-0.2, -0.15) is 0 Å². The lowest BCUT2D eigenvalue weighted by molar-refractivity contribution is -0.136. The summed E-state index contributed by atoms with van der Waals surface area (Å²) >= 11 is 1.56. The number of rotatable bonds is 5. The van der Waals surface area contributed by atoms with Gasteiger partial charge in [-0.1, -0.05) is 0 Å². The van der Waals surface area contributed by atoms with Gasteiger partial charge in [0.25, 0.3) is 0 Å². The summed E-state index contributed by atoms with van der Waals surface area (Å²) in [5.74, 6) is -0.775. The molecular formula is C8H12N2O2S. The van der Waals surface area contributed by atoms with Gasteiger partial charge in [0.2, 0.25) is 0 Å². The predicted molar refractivity (Wildman–Crippen MR) is 50.8 cm³/mol. The van der Waals surface area contributed by atoms with Crippen molar-refractivity contribution >= 4 is 17.3 Å². The van der Waals surface area contributed by atoms with Crippen LogP contribution in [0.25, 0.3) is 0 Å². The molecule has 0 aliphatic rings. The molecule has 1 rings (SSSR count). The number of aliphatic carboxylic acids is 1. The van der Waals surface area contributed by atoms with E-state index in [4.69, 9.17) is 5.11 Å². The Morgan fingerprint density at radius 3 is 3.15 bits per heavy atom. The molecule has 0 aliphatic heterocycles. The molecule has 13 heavy (non-hydrogen) atoms. The number of aromatic nitrogens is 1. The van der Waals surface area contributed by atoms with Crippen molar-refractivity contribution in [1.82, 2.24) is 10.3 Å². The van der Waals surface area contributed by atoms with Crippen LogP contribution in [0.5, 0.6) is 0 Å². The highest BCUT2D eigenvalue weighted by molar-refractivity contribution is 7.09. The summed E-state index contributed by atoms with van der Waals surface area (Å²) in [6.07, 6.45) is 0.679. The fourth-order valence-electron chi connectivity index (χ4n) is 0.931. The van der Waals surface area contributed by atoms with Crippen LogP contribution < -0.4 is 5.32 Å². The van der Waals surface area contributed by atoms with Crippen LogP contribution in [0.4, 0.5) is 0 Å². The van der Waals surface area contributed by atoms with E-state index in [0.717, 1.165) is 17.2 Å². The summed E-state index contributed by atoms with van der Waals surface area (Å²) in [7, 11) is 1.86. The second kappa shape index (κ2) is 4.94. The Labute approximate surface area is 80.6 Å². The first-order valence-electron chi connectivity index (χ1n) is 4.02. The maximum Gasteiger partial charge on any atom is 0.303 e. The van der Waals surface area contributed by atoms with Gasteiger partial charge in [-0.05, 0) is 7.05 Å². The number of nitrogens with zero attached hydrogens (tertiary/aromatic N) is 1. The Morgan fingerprint density at radius 1 is 1.77 bits per heavy atom. The van der Waals surface area contributed by atoms with Crippen molar-refractivity contribution in [3.05, 3.63) is 16.1 Å². The number of nitrogens with one attached hydrogen (secondary N) is 1. The lowest BCUT2D eigenvalue weighted by atomic mass is 10.2. The standard InChI is InChI=1S/C8H12N2O2S/c1-9-4-7-10-6(5-13-7)2-3-8(11)12/h5,9H,2-4H2,1H3,(H,11,12). The van der Waals surface area contributed by atoms with Gasteiger partial charge in [-0.25, -0.2) is 4.98 Å². The fraction of sp³-hybridized carbons (Fsp3) is 0.500. The molecule has 0 fully saturated rings. The van der Waals surface area contributed by atoms with Crippen LogP contribution in [0.2, 0.25) is 0 Å². The molecular weight excluding hydrogens is 188 g/mol. The van der Waals surface area contributed by atoms with E-state index >= 15 is 0 Å². The molecule has 0 saturated heterocycles. The van der Waals surface area contributed by atoms with Gasteiger partial charge in [0.1, 0.15) is 5.01 Å². The zero-order valence-corrected chi connectivity index (χ0v) is 8.23. The van der Waals surface area contributed by atoms with E-state index in [1.807, 2.05) is 12.4 Å². The quantitative estimate of drug-likeness (QED) is 0.740. The van der Waals surface area contributed by atoms with Gasteiger partial charge in [0.05, 0.1) is 12.1 Å². The number of carboxylic acid groups (broad SMARTS) is 1. The number of hydrogen-bond donors (Lipinski definition) is 2. The van der Waals surface area contributed by atoms with E-state index in [9.17, 15) is 4.79 Å². The van der Waals surface area contributed by atoms with E-state index in [1.165, 1.54) is 0 Å². The zero-order valence-electron chi connectivity index (χ0n) is 7.41. The van der Waals surface area contributed by atoms with Crippen LogP contribution in [0, 0.1) is 0 Å². The average Bonchev–Trinajstić information content (AvgIpc) is 2.50. The zero-order chi connectivity index (χ0) is 9.68. The van der Waals surface area contributed by atoms with Gasteiger partial charge >= 0.3 is 5.97 Å². The first-order chi connectivity index (χ1) is 6.22. The smallest absolute Gasteiger partial charge is 0.303 e. The Hall–Kier alpha value is -0.940. The molecule has 1 aromatic rings. The maximum atomic E-state index is 10.3. The van der Waals surface area contributed by atoms with Gasteiger partial charge in [-0.3, -0.25) is 4.79 Å². The van der Waals surface area contributed by atoms with E-state index in [2.05, 4.69) is 10.3 Å². The van der Waals surface area contributed by atoms with Crippen LogP contribution in [0.3, 0.4) is 0 Å². The molecule has 0 saturated carbocycles. The monoisotopic (exact) mass is 200 g/mol. The van der Waals surface area contributed by atoms with Crippen molar-refractivity contribution in [2.45, 2.75) is 19.4 Å². The molecule has 0 bridgehead atoms. The van der Waals surface area contributed by atoms with E-state index in [0.29, 0.717) is 6.42 Å². The van der Waals surface area contributed by atoms with Crippen molar-refractivity contribution in [2.75, 3.05) is 7.05 Å². The molecule has 1 aromatic heterocycles. The summed E-state index contributed by atoms with van der Waals surface area (Å²) in [6.45, 7) is 0.748. The second-order valence-corrected chi connectivity index (χ2v) is 3.60. The summed E-state index contributed by atoms with van der Waals surface area (Å²) in [5, 5.41) is 14.4. The van der Waals surface area contributed by atoms with Crippen LogP contribution in [0.1, 0.15) is 17.1 Å². The van der Waals surface area contributed by atoms with Gasteiger partial charge < -0.3 is 10.4 Å². The summed E-state index contributed by atoms with van der Waals surface area (Å²) < 4.78 is 0. The molecule has 0 amide bonds. The molecule has 4 nitrogen and oxygen atoms in total. The number of aryl methyl sites for hydroxylation is 1. The number of thiazole rings is 1. The number of carboxylic acids is 1. The topological polar surface area (TPSA) is 62.2 Å². The third-order valence-electron chi connectivity index (χ3n) is 1.52. The van der Waals surface area contributed by atoms with E-state index in [1.54, 1.807) is 11.3 Å². The van der Waals surface area contributed by atoms with E-state index in [-0.39, 0.29) is 6.42 Å². The Bertz CT molecular complexity index is 285. The van der Waals surface area contributed by atoms with E-state index < -0.39 is 5.97 Å². The molecule has 0 atom stereocenters. The normalized spacial score (nSPS) is 10.2. The Kier molecular flexibility index (Phi) is 3.85. The molecule has 0 unspecified atom stereocenters. The van der Waals surface area contributed by atoms with Gasteiger partial charge in [-0.15, -0.1) is 11.3 Å². The highest BCUT2D eigenvalue weighted by atomic mass is 32.1. The van der Waals surface area contributed by atoms with Crippen molar-refractivity contribution in [1.29, 1.82) is 0 Å². The van der Waals surface area contributed by atoms with Crippen LogP contribution >= 0.6 is 11.3 Å². The average molecular weight is 200 g/mol. The Morgan fingerprint density at radius 2 is 2.54 bits per heavy atom. The highest BCUT2D eigenvalue weighted by Crippen LogP contribution is 2.10. The minimum absolute atomic E-state index is 0.155. The first-order valence-corrected chi connectivity index (χ1v) is 4.90. The van der Waals surface area contributed by atoms with Crippen molar-refractivity contribution in [3.8, 4) is 0 Å². The third-order valence-corrected chi connectivity index (χ3v) is 2.42. The molecule has 72 valence electrons. The third kappa shape index (κ3) is 3.52. The molecule has 0 aliphatic carbocycles. The molecule has 1 heterocycles. The molecule has 0 radical (unpaired) electrons. The van der Waals surface area contributed by atoms with Crippen molar-refractivity contribution in [2.24, 2.45) is 0 Å². The van der Waals surface area contributed by atoms with Gasteiger partial charge in [0, 0.05) is 18.3 Å². The summed E-state index contributed by atoms with van der Waals surface area (Å²) in [6, 6.07) is 0. The molecule has 2 N–H and O–H groups in total. The lowest BCUT2D eigenvalue weighted by Gasteiger charge is -1.92. The lowest BCUT2D eigenvalue weighted by Crippen LogP contribution is -2.04. The number of carbonyl (C=O) groups is 1. The summed E-state index contributed by atoms with van der Waals surface area (Å²) in [5.41, 5.74) is 0.873. The minimum Gasteiger partial charge on any atom is -0.481 e. The van der Waals surface area contributed by atoms with Crippen LogP contribution in [-0.4, -0.2) is 23.1 Å². The molecule has 5 heteroatoms. The fourth-order valence-corrected chi connectivity index (χ4v) is 1.77. The minimum atomic E-state index is -0.775. The number of hydrogen-bond acceptors (Lipinski definition) is 4. The van der Waals surface area contributed by atoms with Crippen molar-refractivity contribution in [3.63, 3.8) is 0 Å².